The Kier molecular flexibility index (Phi) is 7.66. The predicted molar refractivity (Wildman–Crippen MR) is 140 cm³/mol. The van der Waals surface area contributed by atoms with Gasteiger partial charge in [-0.05, 0) is 56.1 Å². The number of benzene rings is 2. The Bertz CT molecular complexity index is 1180. The molecule has 178 valence electrons. The van der Waals surface area contributed by atoms with Gasteiger partial charge in [-0.1, -0.05) is 12.2 Å². The lowest BCUT2D eigenvalue weighted by Gasteiger charge is -2.16. The van der Waals surface area contributed by atoms with Crippen LogP contribution in [0.2, 0.25) is 0 Å². The van der Waals surface area contributed by atoms with Gasteiger partial charge in [0.05, 0.1) is 36.8 Å². The van der Waals surface area contributed by atoms with Crippen LogP contribution in [0.3, 0.4) is 0 Å². The van der Waals surface area contributed by atoms with Crippen LogP contribution in [0.15, 0.2) is 54.6 Å². The van der Waals surface area contributed by atoms with Gasteiger partial charge < -0.3 is 36.3 Å². The molecule has 4 rings (SSSR count). The number of allylic oxidation sites excluding steroid dienone is 1. The van der Waals surface area contributed by atoms with E-state index in [4.69, 9.17) is 37.9 Å². The Morgan fingerprint density at radius 3 is 2.71 bits per heavy atom. The van der Waals surface area contributed by atoms with Gasteiger partial charge in [0, 0.05) is 34.6 Å². The van der Waals surface area contributed by atoms with E-state index in [9.17, 15) is 0 Å². The number of hydrogen-bond acceptors (Lipinski definition) is 9. The number of aromatic nitrogens is 1. The summed E-state index contributed by atoms with van der Waals surface area (Å²) < 4.78 is 17.1. The highest BCUT2D eigenvalue weighted by molar-refractivity contribution is 7.79. The first-order valence-corrected chi connectivity index (χ1v) is 11.6. The molecule has 2 aromatic carbocycles. The van der Waals surface area contributed by atoms with Crippen LogP contribution in [-0.2, 0) is 0 Å². The summed E-state index contributed by atoms with van der Waals surface area (Å²) >= 11 is 4.75. The van der Waals surface area contributed by atoms with Crippen LogP contribution in [0.4, 0.5) is 17.1 Å². The van der Waals surface area contributed by atoms with Crippen LogP contribution in [0, 0.1) is 0 Å². The molecule has 6 N–H and O–H groups in total. The zero-order chi connectivity index (χ0) is 23.9. The minimum atomic E-state index is 0.226. The summed E-state index contributed by atoms with van der Waals surface area (Å²) in [6, 6.07) is 11.8. The molecule has 1 fully saturated rings. The lowest BCUT2D eigenvalue weighted by atomic mass is 10.1. The van der Waals surface area contributed by atoms with Crippen molar-refractivity contribution in [3.8, 4) is 17.2 Å². The van der Waals surface area contributed by atoms with E-state index in [-0.39, 0.29) is 5.88 Å². The van der Waals surface area contributed by atoms with Crippen molar-refractivity contribution < 1.29 is 14.2 Å². The monoisotopic (exact) mass is 479 g/mol. The van der Waals surface area contributed by atoms with Gasteiger partial charge in [0.1, 0.15) is 5.75 Å². The molecule has 1 aliphatic carbocycles. The zero-order valence-electron chi connectivity index (χ0n) is 19.0. The maximum Gasteiger partial charge on any atom is 0.191 e. The van der Waals surface area contributed by atoms with E-state index in [0.717, 1.165) is 35.2 Å². The number of pyridine rings is 1. The van der Waals surface area contributed by atoms with Crippen molar-refractivity contribution in [2.75, 3.05) is 31.3 Å². The number of nitrogens with two attached hydrogens (primary N) is 2. The van der Waals surface area contributed by atoms with Crippen LogP contribution in [0.1, 0.15) is 19.3 Å². The normalized spacial score (nSPS) is 13.5. The molecule has 34 heavy (non-hydrogen) atoms. The second-order valence-electron chi connectivity index (χ2n) is 8.00. The number of nitrogens with zero attached hydrogens (tertiary/aromatic N) is 1. The van der Waals surface area contributed by atoms with Gasteiger partial charge in [-0.2, -0.15) is 0 Å². The van der Waals surface area contributed by atoms with Crippen LogP contribution in [-0.4, -0.2) is 36.7 Å². The summed E-state index contributed by atoms with van der Waals surface area (Å²) in [6.07, 6.45) is 6.63. The third kappa shape index (κ3) is 6.06. The molecule has 1 aliphatic rings. The van der Waals surface area contributed by atoms with E-state index in [1.54, 1.807) is 25.4 Å². The molecule has 0 aliphatic heterocycles. The average Bonchev–Trinajstić information content (AvgIpc) is 3.66. The highest BCUT2D eigenvalue weighted by atomic mass is 32.1. The third-order valence-electron chi connectivity index (χ3n) is 5.36. The van der Waals surface area contributed by atoms with E-state index in [1.165, 1.54) is 24.3 Å². The first-order valence-electron chi connectivity index (χ1n) is 11.2. The maximum absolute atomic E-state index is 6.27. The summed E-state index contributed by atoms with van der Waals surface area (Å²) in [5.74, 6) is 2.11. The van der Waals surface area contributed by atoms with E-state index in [0.29, 0.717) is 35.6 Å². The van der Waals surface area contributed by atoms with Gasteiger partial charge in [0.25, 0.3) is 0 Å². The lowest BCUT2D eigenvalue weighted by Crippen LogP contribution is -2.19. The highest BCUT2D eigenvalue weighted by Crippen LogP contribution is 2.38. The van der Waals surface area contributed by atoms with E-state index >= 15 is 0 Å². The molecule has 0 bridgehead atoms. The summed E-state index contributed by atoms with van der Waals surface area (Å²) in [4.78, 5) is 4.49. The number of hydrogen-bond donors (Lipinski definition) is 4. The Morgan fingerprint density at radius 1 is 1.21 bits per heavy atom. The van der Waals surface area contributed by atoms with Crippen molar-refractivity contribution in [1.29, 1.82) is 0 Å². The van der Waals surface area contributed by atoms with Crippen molar-refractivity contribution in [3.63, 3.8) is 0 Å². The van der Waals surface area contributed by atoms with Crippen LogP contribution in [0.5, 0.6) is 17.2 Å². The summed E-state index contributed by atoms with van der Waals surface area (Å²) in [5.41, 5.74) is 14.8. The van der Waals surface area contributed by atoms with Gasteiger partial charge in [-0.15, -0.1) is 0 Å². The topological polar surface area (TPSA) is 117 Å². The fourth-order valence-electron chi connectivity index (χ4n) is 3.46. The van der Waals surface area contributed by atoms with E-state index in [1.807, 2.05) is 24.3 Å². The number of rotatable bonds is 12. The number of thiocarbonyl (C=S) groups is 1. The number of ether oxygens (including phenoxy) is 3. The van der Waals surface area contributed by atoms with Gasteiger partial charge in [0.15, 0.2) is 17.4 Å². The maximum atomic E-state index is 6.27. The standard InChI is InChI=1S/C25H29N5O3S/c1-31-22-13-19-21(14-23(22)32-11-2-10-28-16-3-4-16)29-15-20(26)25(19)30-17-5-7-18(8-6-17)33-24(27)9-12-34/h5-9,12-16,28H,2-4,10-11,26-27H2,1H3,(H,29,30). The molecule has 0 radical (unpaired) electrons. The SMILES string of the molecule is COc1cc2c(Nc3ccc(OC(N)=CC=S)cc3)c(N)cnc2cc1OCCCNC1CC1. The van der Waals surface area contributed by atoms with Crippen LogP contribution in [0.25, 0.3) is 10.9 Å². The number of fused-ring (bicyclic) bond motifs is 1. The number of nitrogens with one attached hydrogen (secondary N) is 2. The molecule has 9 heteroatoms. The summed E-state index contributed by atoms with van der Waals surface area (Å²) in [6.45, 7) is 1.54. The molecule has 0 unspecified atom stereocenters. The highest BCUT2D eigenvalue weighted by Gasteiger charge is 2.19. The van der Waals surface area contributed by atoms with E-state index in [2.05, 4.69) is 15.6 Å². The number of nitrogen functional groups attached to an aromatic ring is 1. The van der Waals surface area contributed by atoms with Gasteiger partial charge in [-0.25, -0.2) is 0 Å². The quantitative estimate of drug-likeness (QED) is 0.131. The fraction of sp³-hybridized carbons (Fsp3) is 0.280. The second-order valence-corrected chi connectivity index (χ2v) is 8.27. The van der Waals surface area contributed by atoms with Crippen LogP contribution < -0.4 is 36.3 Å². The van der Waals surface area contributed by atoms with Gasteiger partial charge in [-0.3, -0.25) is 4.98 Å². The molecule has 0 spiro atoms. The van der Waals surface area contributed by atoms with E-state index < -0.39 is 0 Å². The fourth-order valence-corrected chi connectivity index (χ4v) is 3.60. The molecule has 0 saturated heterocycles. The molecular weight excluding hydrogens is 450 g/mol. The minimum Gasteiger partial charge on any atom is -0.493 e. The van der Waals surface area contributed by atoms with Gasteiger partial charge >= 0.3 is 0 Å². The zero-order valence-corrected chi connectivity index (χ0v) is 19.9. The van der Waals surface area contributed by atoms with Gasteiger partial charge in [0.2, 0.25) is 0 Å². The Hall–Kier alpha value is -3.56. The van der Waals surface area contributed by atoms with Crippen molar-refractivity contribution in [1.82, 2.24) is 10.3 Å². The molecule has 1 aromatic heterocycles. The number of anilines is 3. The smallest absolute Gasteiger partial charge is 0.191 e. The Morgan fingerprint density at radius 2 is 2.00 bits per heavy atom. The second kappa shape index (κ2) is 11.0. The van der Waals surface area contributed by atoms with Crippen molar-refractivity contribution in [2.45, 2.75) is 25.3 Å². The molecule has 0 atom stereocenters. The first-order chi connectivity index (χ1) is 16.6. The molecule has 3 aromatic rings. The minimum absolute atomic E-state index is 0.226. The number of methoxy groups -OCH3 is 1. The molecule has 1 saturated carbocycles. The Balaban J connectivity index is 1.51. The summed E-state index contributed by atoms with van der Waals surface area (Å²) in [7, 11) is 1.62. The largest absolute Gasteiger partial charge is 0.493 e. The molecule has 0 amide bonds. The summed E-state index contributed by atoms with van der Waals surface area (Å²) in [5, 5.41) is 9.09. The first kappa shape index (κ1) is 23.6. The Labute approximate surface area is 204 Å². The third-order valence-corrected chi connectivity index (χ3v) is 5.50. The average molecular weight is 480 g/mol. The lowest BCUT2D eigenvalue weighted by molar-refractivity contribution is 0.288. The van der Waals surface area contributed by atoms with Crippen LogP contribution >= 0.6 is 12.2 Å². The predicted octanol–water partition coefficient (Wildman–Crippen LogP) is 4.27. The molecule has 1 heterocycles. The van der Waals surface area contributed by atoms with Crippen molar-refractivity contribution in [3.05, 3.63) is 54.6 Å². The van der Waals surface area contributed by atoms with Crippen molar-refractivity contribution >= 4 is 45.6 Å². The molecule has 8 nitrogen and oxygen atoms in total. The molecular formula is C25H29N5O3S. The van der Waals surface area contributed by atoms with Crippen molar-refractivity contribution in [2.24, 2.45) is 5.73 Å².